The number of rotatable bonds is 9. The number of anilines is 1. The average Bonchev–Trinajstić information content (AvgIpc) is 3.18. The number of hydrogen-bond donors (Lipinski definition) is 2. The molecular weight excluding hydrogens is 400 g/mol. The van der Waals surface area contributed by atoms with Crippen molar-refractivity contribution in [3.8, 4) is 0 Å². The monoisotopic (exact) mass is 422 g/mol. The van der Waals surface area contributed by atoms with Crippen molar-refractivity contribution < 1.29 is 14.4 Å². The molecule has 154 valence electrons. The van der Waals surface area contributed by atoms with E-state index in [-0.39, 0.29) is 31.2 Å². The Morgan fingerprint density at radius 1 is 1.00 bits per heavy atom. The number of carbonyl (C=O) groups is 3. The van der Waals surface area contributed by atoms with Crippen molar-refractivity contribution in [2.45, 2.75) is 19.4 Å². The summed E-state index contributed by atoms with van der Waals surface area (Å²) in [5, 5.41) is 4.92. The third kappa shape index (κ3) is 6.25. The van der Waals surface area contributed by atoms with Crippen LogP contribution in [-0.4, -0.2) is 34.2 Å². The van der Waals surface area contributed by atoms with Crippen molar-refractivity contribution in [1.82, 2.24) is 9.88 Å². The molecule has 3 amide bonds. The maximum Gasteiger partial charge on any atom is 0.257 e. The molecule has 30 heavy (non-hydrogen) atoms. The van der Waals surface area contributed by atoms with Crippen LogP contribution in [0.4, 0.5) is 5.13 Å². The second-order valence-corrected chi connectivity index (χ2v) is 7.52. The molecule has 3 aromatic rings. The number of amides is 3. The normalized spacial score (nSPS) is 10.4. The Labute approximate surface area is 178 Å². The highest BCUT2D eigenvalue weighted by Crippen LogP contribution is 2.18. The SMILES string of the molecule is NC(=O)CCN(Cc1ccccc1)C(=O)Cc1csc(NC(=O)c2ccccc2)n1. The van der Waals surface area contributed by atoms with Crippen LogP contribution in [0.1, 0.15) is 28.0 Å². The third-order valence-corrected chi connectivity index (χ3v) is 5.14. The lowest BCUT2D eigenvalue weighted by atomic mass is 10.2. The highest BCUT2D eigenvalue weighted by atomic mass is 32.1. The van der Waals surface area contributed by atoms with Gasteiger partial charge in [-0.05, 0) is 17.7 Å². The number of hydrogen-bond acceptors (Lipinski definition) is 5. The van der Waals surface area contributed by atoms with Crippen LogP contribution < -0.4 is 11.1 Å². The quantitative estimate of drug-likeness (QED) is 0.553. The first-order valence-corrected chi connectivity index (χ1v) is 10.3. The second-order valence-electron chi connectivity index (χ2n) is 6.66. The lowest BCUT2D eigenvalue weighted by molar-refractivity contribution is -0.131. The topological polar surface area (TPSA) is 105 Å². The molecule has 0 saturated heterocycles. The largest absolute Gasteiger partial charge is 0.370 e. The van der Waals surface area contributed by atoms with Crippen molar-refractivity contribution in [2.75, 3.05) is 11.9 Å². The van der Waals surface area contributed by atoms with Gasteiger partial charge in [0.15, 0.2) is 5.13 Å². The Kier molecular flexibility index (Phi) is 7.29. The lowest BCUT2D eigenvalue weighted by Gasteiger charge is -2.22. The highest BCUT2D eigenvalue weighted by molar-refractivity contribution is 7.14. The summed E-state index contributed by atoms with van der Waals surface area (Å²) in [4.78, 5) is 42.2. The molecule has 0 bridgehead atoms. The van der Waals surface area contributed by atoms with Gasteiger partial charge in [-0.1, -0.05) is 48.5 Å². The van der Waals surface area contributed by atoms with Crippen molar-refractivity contribution in [3.63, 3.8) is 0 Å². The van der Waals surface area contributed by atoms with Crippen molar-refractivity contribution in [1.29, 1.82) is 0 Å². The molecule has 3 rings (SSSR count). The minimum absolute atomic E-state index is 0.0727. The summed E-state index contributed by atoms with van der Waals surface area (Å²) in [7, 11) is 0. The average molecular weight is 423 g/mol. The molecule has 0 unspecified atom stereocenters. The Balaban J connectivity index is 1.63. The molecule has 0 atom stereocenters. The van der Waals surface area contributed by atoms with Gasteiger partial charge < -0.3 is 10.6 Å². The summed E-state index contributed by atoms with van der Waals surface area (Å²) in [5.41, 5.74) is 7.31. The molecule has 0 aliphatic carbocycles. The van der Waals surface area contributed by atoms with Crippen LogP contribution in [-0.2, 0) is 22.6 Å². The van der Waals surface area contributed by atoms with Gasteiger partial charge in [0.2, 0.25) is 11.8 Å². The van der Waals surface area contributed by atoms with Gasteiger partial charge in [-0.2, -0.15) is 0 Å². The van der Waals surface area contributed by atoms with E-state index in [9.17, 15) is 14.4 Å². The smallest absolute Gasteiger partial charge is 0.257 e. The van der Waals surface area contributed by atoms with Crippen LogP contribution in [0.25, 0.3) is 0 Å². The second kappa shape index (κ2) is 10.3. The molecule has 7 nitrogen and oxygen atoms in total. The van der Waals surface area contributed by atoms with Crippen LogP contribution in [0.3, 0.4) is 0 Å². The van der Waals surface area contributed by atoms with Crippen LogP contribution >= 0.6 is 11.3 Å². The number of benzene rings is 2. The standard InChI is InChI=1S/C22H22N4O3S/c23-19(27)11-12-26(14-16-7-3-1-4-8-16)20(28)13-18-15-30-22(24-18)25-21(29)17-9-5-2-6-10-17/h1-10,15H,11-14H2,(H2,23,27)(H,24,25,29). The summed E-state index contributed by atoms with van der Waals surface area (Å²) in [6.45, 7) is 0.624. The molecule has 0 radical (unpaired) electrons. The minimum atomic E-state index is -0.458. The van der Waals surface area contributed by atoms with E-state index < -0.39 is 5.91 Å². The fourth-order valence-corrected chi connectivity index (χ4v) is 3.52. The first kappa shape index (κ1) is 21.2. The minimum Gasteiger partial charge on any atom is -0.370 e. The molecule has 0 saturated carbocycles. The van der Waals surface area contributed by atoms with Gasteiger partial charge in [-0.25, -0.2) is 4.98 Å². The zero-order chi connectivity index (χ0) is 21.3. The van der Waals surface area contributed by atoms with Gasteiger partial charge in [-0.15, -0.1) is 11.3 Å². The summed E-state index contributed by atoms with van der Waals surface area (Å²) in [5.74, 6) is -0.873. The van der Waals surface area contributed by atoms with Gasteiger partial charge in [0, 0.05) is 30.5 Å². The van der Waals surface area contributed by atoms with Gasteiger partial charge in [-0.3, -0.25) is 19.7 Å². The molecule has 8 heteroatoms. The zero-order valence-electron chi connectivity index (χ0n) is 16.3. The summed E-state index contributed by atoms with van der Waals surface area (Å²) in [6.07, 6.45) is 0.164. The van der Waals surface area contributed by atoms with Crippen molar-refractivity contribution in [2.24, 2.45) is 5.73 Å². The number of aromatic nitrogens is 1. The molecule has 2 aromatic carbocycles. The van der Waals surface area contributed by atoms with E-state index in [0.29, 0.717) is 22.9 Å². The number of primary amides is 1. The molecule has 0 spiro atoms. The Morgan fingerprint density at radius 3 is 2.33 bits per heavy atom. The maximum absolute atomic E-state index is 12.8. The van der Waals surface area contributed by atoms with E-state index in [2.05, 4.69) is 10.3 Å². The molecule has 0 aliphatic heterocycles. The molecule has 0 fully saturated rings. The summed E-state index contributed by atoms with van der Waals surface area (Å²) in [6, 6.07) is 18.4. The van der Waals surface area contributed by atoms with Gasteiger partial charge in [0.05, 0.1) is 12.1 Å². The van der Waals surface area contributed by atoms with Crippen LogP contribution in [0.5, 0.6) is 0 Å². The highest BCUT2D eigenvalue weighted by Gasteiger charge is 2.17. The van der Waals surface area contributed by atoms with E-state index in [1.54, 1.807) is 34.5 Å². The molecule has 1 aromatic heterocycles. The van der Waals surface area contributed by atoms with Crippen LogP contribution in [0, 0.1) is 0 Å². The Morgan fingerprint density at radius 2 is 1.67 bits per heavy atom. The number of nitrogens with zero attached hydrogens (tertiary/aromatic N) is 2. The van der Waals surface area contributed by atoms with E-state index in [1.807, 2.05) is 36.4 Å². The number of nitrogens with two attached hydrogens (primary N) is 1. The van der Waals surface area contributed by atoms with Crippen LogP contribution in [0.15, 0.2) is 66.0 Å². The predicted octanol–water partition coefficient (Wildman–Crippen LogP) is 2.84. The van der Waals surface area contributed by atoms with Gasteiger partial charge in [0.1, 0.15) is 0 Å². The predicted molar refractivity (Wildman–Crippen MR) is 116 cm³/mol. The van der Waals surface area contributed by atoms with Crippen LogP contribution in [0.2, 0.25) is 0 Å². The van der Waals surface area contributed by atoms with E-state index in [1.165, 1.54) is 11.3 Å². The fraction of sp³-hybridized carbons (Fsp3) is 0.182. The molecule has 1 heterocycles. The lowest BCUT2D eigenvalue weighted by Crippen LogP contribution is -2.34. The molecular formula is C22H22N4O3S. The first-order chi connectivity index (χ1) is 14.5. The summed E-state index contributed by atoms with van der Waals surface area (Å²) < 4.78 is 0. The molecule has 3 N–H and O–H groups in total. The van der Waals surface area contributed by atoms with Gasteiger partial charge >= 0.3 is 0 Å². The maximum atomic E-state index is 12.8. The van der Waals surface area contributed by atoms with Gasteiger partial charge in [0.25, 0.3) is 5.91 Å². The van der Waals surface area contributed by atoms with E-state index in [4.69, 9.17) is 5.73 Å². The first-order valence-electron chi connectivity index (χ1n) is 9.42. The fourth-order valence-electron chi connectivity index (χ4n) is 2.81. The number of nitrogens with one attached hydrogen (secondary N) is 1. The Bertz CT molecular complexity index is 1010. The van der Waals surface area contributed by atoms with E-state index in [0.717, 1.165) is 5.56 Å². The van der Waals surface area contributed by atoms with Crippen molar-refractivity contribution >= 4 is 34.2 Å². The number of carbonyl (C=O) groups excluding carboxylic acids is 3. The molecule has 0 aliphatic rings. The van der Waals surface area contributed by atoms with E-state index >= 15 is 0 Å². The zero-order valence-corrected chi connectivity index (χ0v) is 17.1. The number of thiazole rings is 1. The van der Waals surface area contributed by atoms with Crippen molar-refractivity contribution in [3.05, 3.63) is 82.9 Å². The Hall–Kier alpha value is -3.52. The third-order valence-electron chi connectivity index (χ3n) is 4.34. The summed E-state index contributed by atoms with van der Waals surface area (Å²) >= 11 is 1.26.